The van der Waals surface area contributed by atoms with Gasteiger partial charge in [-0.05, 0) is 49.8 Å². The maximum Gasteiger partial charge on any atom is 0.258 e. The maximum atomic E-state index is 13.5. The third-order valence-electron chi connectivity index (χ3n) is 6.49. The molecule has 3 atom stereocenters. The van der Waals surface area contributed by atoms with E-state index in [1.807, 2.05) is 25.1 Å². The van der Waals surface area contributed by atoms with Crippen LogP contribution in [0.2, 0.25) is 5.02 Å². The first-order valence-corrected chi connectivity index (χ1v) is 12.6. The molecule has 1 aliphatic carbocycles. The molecule has 2 aliphatic rings. The molecule has 2 amide bonds. The molecule has 0 unspecified atom stereocenters. The second kappa shape index (κ2) is 8.94. The summed E-state index contributed by atoms with van der Waals surface area (Å²) >= 11 is 6.20. The molecule has 31 heavy (non-hydrogen) atoms. The van der Waals surface area contributed by atoms with Gasteiger partial charge in [0.05, 0.1) is 10.7 Å². The monoisotopic (exact) mass is 466 g/mol. The van der Waals surface area contributed by atoms with E-state index in [0.717, 1.165) is 9.87 Å². The average Bonchev–Trinajstić information content (AvgIpc) is 3.57. The minimum atomic E-state index is -3.67. The summed E-state index contributed by atoms with van der Waals surface area (Å²) in [5.41, 5.74) is 0.274. The van der Waals surface area contributed by atoms with Crippen LogP contribution in [-0.2, 0) is 19.6 Å². The van der Waals surface area contributed by atoms with Crippen LogP contribution in [0.3, 0.4) is 0 Å². The van der Waals surface area contributed by atoms with Crippen LogP contribution in [0.5, 0.6) is 0 Å². The number of likely N-dealkylation sites (tertiary alicyclic amines) is 1. The van der Waals surface area contributed by atoms with Crippen molar-refractivity contribution in [2.75, 3.05) is 13.6 Å². The predicted octanol–water partition coefficient (Wildman–Crippen LogP) is 3.97. The lowest BCUT2D eigenvalue weighted by molar-refractivity contribution is -0.154. The molecular formula is C23H31ClN2O4S. The lowest BCUT2D eigenvalue weighted by atomic mass is 9.71. The van der Waals surface area contributed by atoms with Gasteiger partial charge in [-0.15, -0.1) is 6.58 Å². The van der Waals surface area contributed by atoms with Crippen molar-refractivity contribution in [1.29, 1.82) is 0 Å². The summed E-state index contributed by atoms with van der Waals surface area (Å²) in [6, 6.07) is 6.71. The Hall–Kier alpha value is -1.86. The highest BCUT2D eigenvalue weighted by Gasteiger charge is 2.49. The van der Waals surface area contributed by atoms with Gasteiger partial charge in [-0.25, -0.2) is 12.7 Å². The lowest BCUT2D eigenvalue weighted by Gasteiger charge is -2.46. The van der Waals surface area contributed by atoms with Gasteiger partial charge in [-0.1, -0.05) is 43.7 Å². The first-order chi connectivity index (χ1) is 14.5. The summed E-state index contributed by atoms with van der Waals surface area (Å²) in [6.07, 6.45) is 4.29. The normalized spacial score (nSPS) is 25.2. The standard InChI is InChI=1S/C23H31ClN2O4S/c1-5-12-23(3)14-17(16-8-7-9-18(24)13-16)15-26(22(23)28)20(6-2)21(27)25(4)31(29,30)19-10-11-19/h5,7-9,13,17,19-20H,1,6,10-12,14-15H2,2-4H3/t17-,20+,23+/m1/s1. The number of carbonyl (C=O) groups excluding carboxylic acids is 2. The summed E-state index contributed by atoms with van der Waals surface area (Å²) in [5, 5.41) is 0.131. The molecule has 3 rings (SSSR count). The summed E-state index contributed by atoms with van der Waals surface area (Å²) in [4.78, 5) is 28.4. The molecule has 8 heteroatoms. The fourth-order valence-electron chi connectivity index (χ4n) is 4.56. The first-order valence-electron chi connectivity index (χ1n) is 10.7. The maximum absolute atomic E-state index is 13.5. The van der Waals surface area contributed by atoms with Gasteiger partial charge in [0, 0.05) is 24.5 Å². The van der Waals surface area contributed by atoms with Crippen LogP contribution in [0.15, 0.2) is 36.9 Å². The molecule has 0 radical (unpaired) electrons. The highest BCUT2D eigenvalue weighted by atomic mass is 35.5. The Balaban J connectivity index is 1.95. The minimum Gasteiger partial charge on any atom is -0.330 e. The Kier molecular flexibility index (Phi) is 6.87. The topological polar surface area (TPSA) is 74.8 Å². The van der Waals surface area contributed by atoms with Crippen molar-refractivity contribution in [3.63, 3.8) is 0 Å². The number of allylic oxidation sites excluding steroid dienone is 1. The highest BCUT2D eigenvalue weighted by molar-refractivity contribution is 7.90. The number of sulfonamides is 1. The molecule has 1 heterocycles. The molecule has 1 aromatic rings. The minimum absolute atomic E-state index is 0.0199. The van der Waals surface area contributed by atoms with E-state index in [-0.39, 0.29) is 11.8 Å². The van der Waals surface area contributed by atoms with Crippen molar-refractivity contribution in [3.8, 4) is 0 Å². The summed E-state index contributed by atoms with van der Waals surface area (Å²) in [6.45, 7) is 7.85. The summed E-state index contributed by atoms with van der Waals surface area (Å²) < 4.78 is 26.2. The molecule has 2 fully saturated rings. The van der Waals surface area contributed by atoms with E-state index in [9.17, 15) is 18.0 Å². The number of likely N-dealkylation sites (N-methyl/N-ethyl adjacent to an activating group) is 1. The number of rotatable bonds is 8. The molecule has 0 bridgehead atoms. The zero-order chi connectivity index (χ0) is 23.0. The second-order valence-corrected chi connectivity index (χ2v) is 11.6. The third kappa shape index (κ3) is 4.67. The Morgan fingerprint density at radius 3 is 2.65 bits per heavy atom. The summed E-state index contributed by atoms with van der Waals surface area (Å²) in [7, 11) is -2.36. The molecule has 170 valence electrons. The highest BCUT2D eigenvalue weighted by Crippen LogP contribution is 2.43. The van der Waals surface area contributed by atoms with Crippen LogP contribution in [-0.4, -0.2) is 54.3 Å². The van der Waals surface area contributed by atoms with E-state index < -0.39 is 32.6 Å². The van der Waals surface area contributed by atoms with Gasteiger partial charge in [0.15, 0.2) is 0 Å². The van der Waals surface area contributed by atoms with Crippen LogP contribution < -0.4 is 0 Å². The molecule has 0 spiro atoms. The molecule has 0 N–H and O–H groups in total. The number of halogens is 1. The van der Waals surface area contributed by atoms with E-state index in [1.54, 1.807) is 24.0 Å². The quantitative estimate of drug-likeness (QED) is 0.543. The van der Waals surface area contributed by atoms with Gasteiger partial charge in [0.25, 0.3) is 5.91 Å². The summed E-state index contributed by atoms with van der Waals surface area (Å²) in [5.74, 6) is -0.702. The number of benzene rings is 1. The van der Waals surface area contributed by atoms with E-state index in [0.29, 0.717) is 43.7 Å². The van der Waals surface area contributed by atoms with Crippen molar-refractivity contribution >= 4 is 33.4 Å². The van der Waals surface area contributed by atoms with Crippen molar-refractivity contribution in [3.05, 3.63) is 47.5 Å². The zero-order valence-corrected chi connectivity index (χ0v) is 20.0. The van der Waals surface area contributed by atoms with Gasteiger partial charge in [-0.3, -0.25) is 9.59 Å². The average molecular weight is 467 g/mol. The van der Waals surface area contributed by atoms with Crippen molar-refractivity contribution in [2.24, 2.45) is 5.41 Å². The van der Waals surface area contributed by atoms with E-state index >= 15 is 0 Å². The fraction of sp³-hybridized carbons (Fsp3) is 0.565. The van der Waals surface area contributed by atoms with Crippen LogP contribution >= 0.6 is 11.6 Å². The van der Waals surface area contributed by atoms with Crippen molar-refractivity contribution < 1.29 is 18.0 Å². The van der Waals surface area contributed by atoms with Gasteiger partial charge < -0.3 is 4.90 Å². The third-order valence-corrected chi connectivity index (χ3v) is 8.98. The van der Waals surface area contributed by atoms with Gasteiger partial charge >= 0.3 is 0 Å². The smallest absolute Gasteiger partial charge is 0.258 e. The Bertz CT molecular complexity index is 976. The second-order valence-electron chi connectivity index (χ2n) is 8.94. The molecule has 0 aromatic heterocycles. The number of piperidine rings is 1. The van der Waals surface area contributed by atoms with Gasteiger partial charge in [0.2, 0.25) is 15.9 Å². The van der Waals surface area contributed by atoms with Crippen LogP contribution in [0.4, 0.5) is 0 Å². The van der Waals surface area contributed by atoms with Crippen molar-refractivity contribution in [1.82, 2.24) is 9.21 Å². The molecule has 1 aliphatic heterocycles. The molecular weight excluding hydrogens is 436 g/mol. The van der Waals surface area contributed by atoms with E-state index in [2.05, 4.69) is 6.58 Å². The molecule has 1 saturated heterocycles. The number of nitrogens with zero attached hydrogens (tertiary/aromatic N) is 2. The predicted molar refractivity (Wildman–Crippen MR) is 122 cm³/mol. The fourth-order valence-corrected chi connectivity index (χ4v) is 6.31. The zero-order valence-electron chi connectivity index (χ0n) is 18.4. The van der Waals surface area contributed by atoms with Crippen LogP contribution in [0, 0.1) is 5.41 Å². The van der Waals surface area contributed by atoms with Crippen LogP contribution in [0.1, 0.15) is 57.4 Å². The lowest BCUT2D eigenvalue weighted by Crippen LogP contribution is -2.58. The number of hydrogen-bond donors (Lipinski definition) is 0. The Morgan fingerprint density at radius 1 is 1.42 bits per heavy atom. The molecule has 6 nitrogen and oxygen atoms in total. The number of amides is 2. The number of carbonyl (C=O) groups is 2. The number of hydrogen-bond acceptors (Lipinski definition) is 4. The van der Waals surface area contributed by atoms with Gasteiger partial charge in [0.1, 0.15) is 6.04 Å². The Morgan fingerprint density at radius 2 is 2.10 bits per heavy atom. The van der Waals surface area contributed by atoms with Crippen molar-refractivity contribution in [2.45, 2.75) is 63.2 Å². The first kappa shape index (κ1) is 23.8. The van der Waals surface area contributed by atoms with E-state index in [4.69, 9.17) is 11.6 Å². The SMILES string of the molecule is C=CC[C@@]1(C)C[C@@H](c2cccc(Cl)c2)CN([C@@H](CC)C(=O)N(C)S(=O)(=O)C2CC2)C1=O. The Labute approximate surface area is 190 Å². The van der Waals surface area contributed by atoms with Crippen LogP contribution in [0.25, 0.3) is 0 Å². The van der Waals surface area contributed by atoms with E-state index in [1.165, 1.54) is 7.05 Å². The molecule has 1 saturated carbocycles. The van der Waals surface area contributed by atoms with Gasteiger partial charge in [-0.2, -0.15) is 0 Å². The molecule has 1 aromatic carbocycles. The largest absolute Gasteiger partial charge is 0.330 e.